The quantitative estimate of drug-likeness (QED) is 0.165. The Morgan fingerprint density at radius 1 is 0.250 bits per heavy atom. The van der Waals surface area contributed by atoms with Gasteiger partial charge in [0, 0.05) is 88.0 Å². The molecule has 4 heterocycles. The van der Waals surface area contributed by atoms with Gasteiger partial charge in [-0.15, -0.1) is 0 Å². The van der Waals surface area contributed by atoms with Crippen LogP contribution in [0.4, 0.5) is 34.1 Å². The molecule has 17 rings (SSSR count). The van der Waals surface area contributed by atoms with E-state index in [0.717, 1.165) is 34.1 Å². The van der Waals surface area contributed by atoms with Crippen LogP contribution in [0.15, 0.2) is 231 Å². The molecule has 4 aromatic heterocycles. The van der Waals surface area contributed by atoms with Crippen molar-refractivity contribution in [1.29, 1.82) is 0 Å². The first kappa shape index (κ1) is 42.0. The Morgan fingerprint density at radius 3 is 1.03 bits per heavy atom. The molecule has 0 atom stereocenters. The van der Waals surface area contributed by atoms with Crippen molar-refractivity contribution in [1.82, 2.24) is 8.80 Å². The molecule has 0 bridgehead atoms. The van der Waals surface area contributed by atoms with Gasteiger partial charge < -0.3 is 18.6 Å². The Labute approximate surface area is 440 Å². The number of benzene rings is 11. The largest absolute Gasteiger partial charge is 0.310 e. The molecule has 15 aromatic rings. The highest BCUT2D eigenvalue weighted by atomic mass is 15.2. The minimum Gasteiger partial charge on any atom is -0.310 e. The lowest BCUT2D eigenvalue weighted by atomic mass is 9.82. The van der Waals surface area contributed by atoms with Crippen LogP contribution in [0.1, 0.15) is 49.9 Å². The summed E-state index contributed by atoms with van der Waals surface area (Å²) in [6.07, 6.45) is 0. The SMILES string of the molecule is CC1(C)c2ccccc2-c2ccc(N(c3ccccc3)c3ccc4c5cccc6c7cc8c(cc7n(c4c3)c56)c3cccc4c5ccc(N(c6ccccc6)c6ccc7c(c6)C(C)(C)c6ccccc6-7)cc5n8c43)cc21. The van der Waals surface area contributed by atoms with Gasteiger partial charge in [-0.05, 0) is 129 Å². The molecule has 2 aliphatic carbocycles. The lowest BCUT2D eigenvalue weighted by Crippen LogP contribution is -2.16. The highest BCUT2D eigenvalue weighted by Gasteiger charge is 2.37. The fraction of sp³-hybridized carbons (Fsp3) is 0.0833. The predicted molar refractivity (Wildman–Crippen MR) is 320 cm³/mol. The molecule has 76 heavy (non-hydrogen) atoms. The molecule has 0 unspecified atom stereocenters. The molecule has 0 N–H and O–H groups in total. The van der Waals surface area contributed by atoms with E-state index >= 15 is 0 Å². The number of hydrogen-bond acceptors (Lipinski definition) is 2. The minimum absolute atomic E-state index is 0.115. The molecule has 0 spiro atoms. The van der Waals surface area contributed by atoms with Gasteiger partial charge >= 0.3 is 0 Å². The molecule has 0 amide bonds. The minimum atomic E-state index is -0.115. The van der Waals surface area contributed by atoms with Crippen LogP contribution >= 0.6 is 0 Å². The van der Waals surface area contributed by atoms with Crippen LogP contribution in [-0.4, -0.2) is 8.80 Å². The highest BCUT2D eigenvalue weighted by Crippen LogP contribution is 2.54. The molecule has 0 aliphatic heterocycles. The zero-order valence-electron chi connectivity index (χ0n) is 42.7. The summed E-state index contributed by atoms with van der Waals surface area (Å²) < 4.78 is 5.12. The van der Waals surface area contributed by atoms with Crippen molar-refractivity contribution >= 4 is 110 Å². The van der Waals surface area contributed by atoms with Gasteiger partial charge in [0.05, 0.1) is 33.1 Å². The summed E-state index contributed by atoms with van der Waals surface area (Å²) >= 11 is 0. The summed E-state index contributed by atoms with van der Waals surface area (Å²) in [7, 11) is 0. The van der Waals surface area contributed by atoms with Crippen molar-refractivity contribution in [3.63, 3.8) is 0 Å². The van der Waals surface area contributed by atoms with Gasteiger partial charge in [-0.1, -0.05) is 173 Å². The van der Waals surface area contributed by atoms with E-state index in [1.165, 1.54) is 121 Å². The number of anilines is 6. The van der Waals surface area contributed by atoms with E-state index < -0.39 is 0 Å². The molecule has 0 saturated carbocycles. The molecule has 358 valence electrons. The third-order valence-electron chi connectivity index (χ3n) is 17.9. The van der Waals surface area contributed by atoms with Crippen molar-refractivity contribution in [3.05, 3.63) is 253 Å². The zero-order valence-corrected chi connectivity index (χ0v) is 42.7. The van der Waals surface area contributed by atoms with Gasteiger partial charge in [0.2, 0.25) is 0 Å². The molecule has 0 saturated heterocycles. The smallest absolute Gasteiger partial charge is 0.0620 e. The second kappa shape index (κ2) is 14.7. The second-order valence-electron chi connectivity index (χ2n) is 22.5. The third kappa shape index (κ3) is 5.37. The second-order valence-corrected chi connectivity index (χ2v) is 22.5. The van der Waals surface area contributed by atoms with E-state index in [1.807, 2.05) is 0 Å². The van der Waals surface area contributed by atoms with Crippen molar-refractivity contribution < 1.29 is 0 Å². The van der Waals surface area contributed by atoms with Gasteiger partial charge in [-0.2, -0.15) is 0 Å². The molecule has 2 aliphatic rings. The number of fused-ring (bicyclic) bond motifs is 18. The van der Waals surface area contributed by atoms with Gasteiger partial charge in [-0.25, -0.2) is 0 Å². The average molecular weight is 971 g/mol. The normalized spacial score (nSPS) is 14.3. The fourth-order valence-electron chi connectivity index (χ4n) is 14.4. The van der Waals surface area contributed by atoms with E-state index in [9.17, 15) is 0 Å². The fourth-order valence-corrected chi connectivity index (χ4v) is 14.4. The van der Waals surface area contributed by atoms with Gasteiger partial charge in [0.15, 0.2) is 0 Å². The van der Waals surface area contributed by atoms with Crippen molar-refractivity contribution in [2.45, 2.75) is 38.5 Å². The van der Waals surface area contributed by atoms with E-state index in [4.69, 9.17) is 0 Å². The Hall–Kier alpha value is -9.38. The maximum Gasteiger partial charge on any atom is 0.0620 e. The Balaban J connectivity index is 0.866. The van der Waals surface area contributed by atoms with Crippen LogP contribution in [0.25, 0.3) is 98.4 Å². The summed E-state index contributed by atoms with van der Waals surface area (Å²) in [5.74, 6) is 0. The van der Waals surface area contributed by atoms with Gasteiger partial charge in [0.1, 0.15) is 0 Å². The number of hydrogen-bond donors (Lipinski definition) is 0. The van der Waals surface area contributed by atoms with Crippen LogP contribution in [0, 0.1) is 0 Å². The van der Waals surface area contributed by atoms with E-state index in [2.05, 4.69) is 277 Å². The third-order valence-corrected chi connectivity index (χ3v) is 17.9. The molecule has 0 fully saturated rings. The van der Waals surface area contributed by atoms with Crippen LogP contribution in [0.3, 0.4) is 0 Å². The number of nitrogens with zero attached hydrogens (tertiary/aromatic N) is 4. The van der Waals surface area contributed by atoms with Crippen LogP contribution in [0.5, 0.6) is 0 Å². The van der Waals surface area contributed by atoms with Crippen LogP contribution < -0.4 is 9.80 Å². The highest BCUT2D eigenvalue weighted by molar-refractivity contribution is 6.29. The van der Waals surface area contributed by atoms with Crippen molar-refractivity contribution in [3.8, 4) is 22.3 Å². The van der Waals surface area contributed by atoms with Gasteiger partial charge in [0.25, 0.3) is 0 Å². The van der Waals surface area contributed by atoms with E-state index in [-0.39, 0.29) is 10.8 Å². The summed E-state index contributed by atoms with van der Waals surface area (Å²) in [5.41, 5.74) is 24.8. The average Bonchev–Trinajstić information content (AvgIpc) is 4.45. The molecular formula is C72H50N4. The Bertz CT molecular complexity index is 4620. The lowest BCUT2D eigenvalue weighted by molar-refractivity contribution is 0.660. The molecule has 4 nitrogen and oxygen atoms in total. The zero-order chi connectivity index (χ0) is 50.3. The summed E-state index contributed by atoms with van der Waals surface area (Å²) in [4.78, 5) is 4.89. The molecule has 11 aromatic carbocycles. The molecule has 4 heteroatoms. The summed E-state index contributed by atoms with van der Waals surface area (Å²) in [6, 6.07) is 86.7. The van der Waals surface area contributed by atoms with E-state index in [1.54, 1.807) is 0 Å². The Kier molecular flexibility index (Phi) is 8.12. The first-order chi connectivity index (χ1) is 37.2. The number of aromatic nitrogens is 2. The van der Waals surface area contributed by atoms with Crippen molar-refractivity contribution in [2.24, 2.45) is 0 Å². The first-order valence-electron chi connectivity index (χ1n) is 26.8. The standard InChI is InChI=1S/C72H50N4/c1-71(2)61-27-13-11-21-49(61)51-33-29-45(37-63(51)71)73(43-17-7-5-8-18-43)47-31-35-53-55-23-15-25-57-59-42-68-60(41-67(59)75(69(55)57)65(53)39-47)58-26-16-24-56-54-36-32-48(40-66(54)76(68)70(56)58)74(44-19-9-6-10-20-44)46-30-34-52-50-22-12-14-28-62(50)72(3,4)64(52)38-46/h5-42H,1-4H3. The number of rotatable bonds is 6. The monoisotopic (exact) mass is 970 g/mol. The number of para-hydroxylation sites is 4. The van der Waals surface area contributed by atoms with Crippen molar-refractivity contribution in [2.75, 3.05) is 9.80 Å². The summed E-state index contributed by atoms with van der Waals surface area (Å²) in [6.45, 7) is 9.47. The maximum atomic E-state index is 2.56. The summed E-state index contributed by atoms with van der Waals surface area (Å²) in [5, 5.41) is 10.1. The first-order valence-corrected chi connectivity index (χ1v) is 26.8. The van der Waals surface area contributed by atoms with E-state index in [0.29, 0.717) is 0 Å². The topological polar surface area (TPSA) is 15.3 Å². The lowest BCUT2D eigenvalue weighted by Gasteiger charge is -2.28. The molecule has 0 radical (unpaired) electrons. The predicted octanol–water partition coefficient (Wildman–Crippen LogP) is 19.5. The van der Waals surface area contributed by atoms with Crippen LogP contribution in [0.2, 0.25) is 0 Å². The Morgan fingerprint density at radius 2 is 0.592 bits per heavy atom. The molecular weight excluding hydrogens is 921 g/mol. The van der Waals surface area contributed by atoms with Gasteiger partial charge in [-0.3, -0.25) is 0 Å². The van der Waals surface area contributed by atoms with Crippen LogP contribution in [-0.2, 0) is 10.8 Å². The maximum absolute atomic E-state index is 2.56.